The number of carbonyl (C=O) groups is 1. The number of hydrogen-bond donors (Lipinski definition) is 2. The third kappa shape index (κ3) is 4.26. The van der Waals surface area contributed by atoms with E-state index in [1.165, 1.54) is 0 Å². The molecule has 5 heteroatoms. The minimum atomic E-state index is -0.150. The predicted molar refractivity (Wildman–Crippen MR) is 65.8 cm³/mol. The fraction of sp³-hybridized carbons (Fsp3) is 0.917. The summed E-state index contributed by atoms with van der Waals surface area (Å²) in [4.78, 5) is 13.9. The second-order valence-corrected chi connectivity index (χ2v) is 4.46. The maximum Gasteiger partial charge on any atom is 0.239 e. The van der Waals surface area contributed by atoms with E-state index in [-0.39, 0.29) is 24.7 Å². The van der Waals surface area contributed by atoms with Crippen LogP contribution in [0.5, 0.6) is 0 Å². The maximum absolute atomic E-state index is 12.2. The highest BCUT2D eigenvalue weighted by Gasteiger charge is 2.31. The van der Waals surface area contributed by atoms with E-state index in [0.717, 1.165) is 32.4 Å². The summed E-state index contributed by atoms with van der Waals surface area (Å²) in [7, 11) is 1.67. The average molecular weight is 244 g/mol. The summed E-state index contributed by atoms with van der Waals surface area (Å²) in [6.45, 7) is 4.00. The lowest BCUT2D eigenvalue weighted by atomic mass is 10.1. The molecule has 17 heavy (non-hydrogen) atoms. The lowest BCUT2D eigenvalue weighted by molar-refractivity contribution is -0.133. The smallest absolute Gasteiger partial charge is 0.239 e. The first kappa shape index (κ1) is 14.4. The standard InChI is InChI=1S/C12H24N2O3/c1-3-4-5-14(6-7-15)12(16)11-8-10(17-2)9-13-11/h10-11,13,15H,3-9H2,1-2H3. The summed E-state index contributed by atoms with van der Waals surface area (Å²) in [5.41, 5.74) is 0. The number of carbonyl (C=O) groups excluding carboxylic acids is 1. The zero-order valence-corrected chi connectivity index (χ0v) is 10.8. The lowest BCUT2D eigenvalue weighted by Crippen LogP contribution is -2.45. The summed E-state index contributed by atoms with van der Waals surface area (Å²) in [5.74, 6) is 0.0899. The van der Waals surface area contributed by atoms with E-state index in [1.54, 1.807) is 12.0 Å². The van der Waals surface area contributed by atoms with Gasteiger partial charge < -0.3 is 20.1 Å². The van der Waals surface area contributed by atoms with Crippen molar-refractivity contribution in [3.63, 3.8) is 0 Å². The molecule has 1 heterocycles. The van der Waals surface area contributed by atoms with E-state index in [2.05, 4.69) is 12.2 Å². The van der Waals surface area contributed by atoms with Crippen molar-refractivity contribution in [2.45, 2.75) is 38.3 Å². The molecular weight excluding hydrogens is 220 g/mol. The predicted octanol–water partition coefficient (Wildman–Crippen LogP) is -0.0157. The maximum atomic E-state index is 12.2. The first-order valence-corrected chi connectivity index (χ1v) is 6.38. The van der Waals surface area contributed by atoms with Crippen molar-refractivity contribution in [2.75, 3.05) is 33.4 Å². The molecule has 0 spiro atoms. The molecule has 0 saturated carbocycles. The largest absolute Gasteiger partial charge is 0.395 e. The highest BCUT2D eigenvalue weighted by molar-refractivity contribution is 5.82. The van der Waals surface area contributed by atoms with Gasteiger partial charge in [0.05, 0.1) is 18.8 Å². The third-order valence-corrected chi connectivity index (χ3v) is 3.19. The first-order chi connectivity index (χ1) is 8.22. The van der Waals surface area contributed by atoms with Gasteiger partial charge >= 0.3 is 0 Å². The molecule has 0 aromatic heterocycles. The lowest BCUT2D eigenvalue weighted by Gasteiger charge is -2.24. The number of nitrogens with one attached hydrogen (secondary N) is 1. The van der Waals surface area contributed by atoms with E-state index in [1.807, 2.05) is 0 Å². The van der Waals surface area contributed by atoms with Crippen LogP contribution in [0.25, 0.3) is 0 Å². The number of aliphatic hydroxyl groups is 1. The Morgan fingerprint density at radius 3 is 2.82 bits per heavy atom. The van der Waals surface area contributed by atoms with Crippen molar-refractivity contribution in [3.05, 3.63) is 0 Å². The summed E-state index contributed by atoms with van der Waals surface area (Å²) in [5, 5.41) is 12.2. The van der Waals surface area contributed by atoms with Crippen LogP contribution in [0.4, 0.5) is 0 Å². The number of ether oxygens (including phenoxy) is 1. The minimum Gasteiger partial charge on any atom is -0.395 e. The van der Waals surface area contributed by atoms with Gasteiger partial charge in [-0.15, -0.1) is 0 Å². The van der Waals surface area contributed by atoms with Gasteiger partial charge in [-0.2, -0.15) is 0 Å². The quantitative estimate of drug-likeness (QED) is 0.661. The molecule has 1 rings (SSSR count). The molecule has 1 aliphatic rings. The fourth-order valence-corrected chi connectivity index (χ4v) is 2.09. The van der Waals surface area contributed by atoms with Crippen LogP contribution in [0, 0.1) is 0 Å². The number of hydrogen-bond acceptors (Lipinski definition) is 4. The number of aliphatic hydroxyl groups excluding tert-OH is 1. The van der Waals surface area contributed by atoms with E-state index in [0.29, 0.717) is 6.54 Å². The molecule has 2 atom stereocenters. The number of rotatable bonds is 7. The molecule has 0 aliphatic carbocycles. The zero-order valence-electron chi connectivity index (χ0n) is 10.8. The van der Waals surface area contributed by atoms with Crippen LogP contribution in [0.1, 0.15) is 26.2 Å². The molecule has 2 N–H and O–H groups in total. The Labute approximate surface area is 103 Å². The molecule has 2 unspecified atom stereocenters. The van der Waals surface area contributed by atoms with Crippen LogP contribution >= 0.6 is 0 Å². The monoisotopic (exact) mass is 244 g/mol. The van der Waals surface area contributed by atoms with E-state index < -0.39 is 0 Å². The van der Waals surface area contributed by atoms with Gasteiger partial charge in [0.15, 0.2) is 0 Å². The molecular formula is C12H24N2O3. The van der Waals surface area contributed by atoms with Crippen LogP contribution in [-0.4, -0.2) is 61.4 Å². The van der Waals surface area contributed by atoms with Crippen molar-refractivity contribution in [1.29, 1.82) is 0 Å². The molecule has 5 nitrogen and oxygen atoms in total. The van der Waals surface area contributed by atoms with Crippen LogP contribution in [-0.2, 0) is 9.53 Å². The van der Waals surface area contributed by atoms with Gasteiger partial charge in [0.25, 0.3) is 0 Å². The summed E-state index contributed by atoms with van der Waals surface area (Å²) >= 11 is 0. The van der Waals surface area contributed by atoms with E-state index in [4.69, 9.17) is 9.84 Å². The SMILES string of the molecule is CCCCN(CCO)C(=O)C1CC(OC)CN1. The number of unbranched alkanes of at least 4 members (excludes halogenated alkanes) is 1. The highest BCUT2D eigenvalue weighted by atomic mass is 16.5. The molecule has 1 saturated heterocycles. The number of methoxy groups -OCH3 is 1. The van der Waals surface area contributed by atoms with Crippen molar-refractivity contribution < 1.29 is 14.6 Å². The van der Waals surface area contributed by atoms with Crippen LogP contribution in [0.2, 0.25) is 0 Å². The number of amides is 1. The normalized spacial score (nSPS) is 23.9. The van der Waals surface area contributed by atoms with Crippen molar-refractivity contribution in [3.8, 4) is 0 Å². The first-order valence-electron chi connectivity index (χ1n) is 6.38. The summed E-state index contributed by atoms with van der Waals surface area (Å²) in [6.07, 6.45) is 2.88. The Hall–Kier alpha value is -0.650. The second-order valence-electron chi connectivity index (χ2n) is 4.46. The van der Waals surface area contributed by atoms with Crippen LogP contribution in [0.15, 0.2) is 0 Å². The van der Waals surface area contributed by atoms with Gasteiger partial charge in [0, 0.05) is 26.7 Å². The van der Waals surface area contributed by atoms with Gasteiger partial charge in [-0.3, -0.25) is 4.79 Å². The molecule has 100 valence electrons. The van der Waals surface area contributed by atoms with E-state index >= 15 is 0 Å². The number of nitrogens with zero attached hydrogens (tertiary/aromatic N) is 1. The van der Waals surface area contributed by atoms with E-state index in [9.17, 15) is 4.79 Å². The Bertz CT molecular complexity index is 236. The Kier molecular flexibility index (Phi) is 6.47. The molecule has 1 fully saturated rings. The van der Waals surface area contributed by atoms with Crippen molar-refractivity contribution in [2.24, 2.45) is 0 Å². The van der Waals surface area contributed by atoms with Gasteiger partial charge in [0.2, 0.25) is 5.91 Å². The Morgan fingerprint density at radius 2 is 2.29 bits per heavy atom. The molecule has 1 amide bonds. The summed E-state index contributed by atoms with van der Waals surface area (Å²) < 4.78 is 5.23. The van der Waals surface area contributed by atoms with Gasteiger partial charge in [-0.1, -0.05) is 13.3 Å². The third-order valence-electron chi connectivity index (χ3n) is 3.19. The average Bonchev–Trinajstić information content (AvgIpc) is 2.82. The molecule has 0 aromatic carbocycles. The topological polar surface area (TPSA) is 61.8 Å². The molecule has 0 radical (unpaired) electrons. The van der Waals surface area contributed by atoms with Crippen LogP contribution in [0.3, 0.4) is 0 Å². The summed E-state index contributed by atoms with van der Waals surface area (Å²) in [6, 6.07) is -0.150. The Balaban J connectivity index is 2.46. The zero-order chi connectivity index (χ0) is 12.7. The molecule has 0 aromatic rings. The van der Waals surface area contributed by atoms with Crippen molar-refractivity contribution in [1.82, 2.24) is 10.2 Å². The molecule has 0 bridgehead atoms. The highest BCUT2D eigenvalue weighted by Crippen LogP contribution is 2.12. The Morgan fingerprint density at radius 1 is 1.53 bits per heavy atom. The van der Waals surface area contributed by atoms with Crippen LogP contribution < -0.4 is 5.32 Å². The van der Waals surface area contributed by atoms with Gasteiger partial charge in [-0.05, 0) is 12.8 Å². The van der Waals surface area contributed by atoms with Gasteiger partial charge in [0.1, 0.15) is 0 Å². The molecule has 1 aliphatic heterocycles. The minimum absolute atomic E-state index is 0.0237. The van der Waals surface area contributed by atoms with Gasteiger partial charge in [-0.25, -0.2) is 0 Å². The van der Waals surface area contributed by atoms with Crippen molar-refractivity contribution >= 4 is 5.91 Å². The fourth-order valence-electron chi connectivity index (χ4n) is 2.09. The second kappa shape index (κ2) is 7.63.